The molecule has 0 saturated heterocycles. The molecule has 0 fully saturated rings. The lowest BCUT2D eigenvalue weighted by molar-refractivity contribution is 0.196. The third kappa shape index (κ3) is 3.01. The van der Waals surface area contributed by atoms with Gasteiger partial charge >= 0.3 is 0 Å². The molecule has 1 aromatic carbocycles. The second-order valence-corrected chi connectivity index (χ2v) is 4.89. The largest absolute Gasteiger partial charge is 0.475 e. The number of para-hydroxylation sites is 2. The minimum atomic E-state index is -0.0194. The molecule has 2 aromatic heterocycles. The quantitative estimate of drug-likeness (QED) is 0.728. The van der Waals surface area contributed by atoms with E-state index in [-0.39, 0.29) is 13.2 Å². The van der Waals surface area contributed by atoms with Gasteiger partial charge in [0.15, 0.2) is 0 Å². The highest BCUT2D eigenvalue weighted by atomic mass is 16.5. The van der Waals surface area contributed by atoms with E-state index in [1.165, 1.54) is 0 Å². The van der Waals surface area contributed by atoms with Gasteiger partial charge in [-0.25, -0.2) is 9.97 Å². The number of rotatable bonds is 6. The zero-order valence-corrected chi connectivity index (χ0v) is 12.4. The van der Waals surface area contributed by atoms with Gasteiger partial charge in [-0.15, -0.1) is 0 Å². The van der Waals surface area contributed by atoms with Crippen molar-refractivity contribution in [1.29, 1.82) is 0 Å². The van der Waals surface area contributed by atoms with Gasteiger partial charge in [0.1, 0.15) is 12.4 Å². The molecule has 0 aliphatic carbocycles. The monoisotopic (exact) mass is 298 g/mol. The zero-order valence-electron chi connectivity index (χ0n) is 12.4. The first-order chi connectivity index (χ1) is 10.8. The lowest BCUT2D eigenvalue weighted by Crippen LogP contribution is -2.07. The molecular formula is C16H18N4O2. The Labute approximate surface area is 128 Å². The molecular weight excluding hydrogens is 280 g/mol. The second-order valence-electron chi connectivity index (χ2n) is 4.89. The van der Waals surface area contributed by atoms with Crippen LogP contribution in [0.2, 0.25) is 0 Å². The van der Waals surface area contributed by atoms with E-state index in [0.717, 1.165) is 22.5 Å². The number of aryl methyl sites for hydroxylation is 1. The van der Waals surface area contributed by atoms with E-state index in [1.54, 1.807) is 12.3 Å². The molecule has 114 valence electrons. The number of benzene rings is 1. The highest BCUT2D eigenvalue weighted by Gasteiger charge is 2.06. The Balaban J connectivity index is 1.67. The van der Waals surface area contributed by atoms with Gasteiger partial charge in [0, 0.05) is 13.1 Å². The third-order valence-corrected chi connectivity index (χ3v) is 3.41. The van der Waals surface area contributed by atoms with Crippen molar-refractivity contribution in [3.05, 3.63) is 48.4 Å². The number of nitrogens with zero attached hydrogens (tertiary/aromatic N) is 3. The Bertz CT molecular complexity index is 752. The first-order valence-electron chi connectivity index (χ1n) is 7.12. The minimum Gasteiger partial charge on any atom is -0.475 e. The summed E-state index contributed by atoms with van der Waals surface area (Å²) in [5.41, 5.74) is 3.00. The number of hydrogen-bond donors (Lipinski definition) is 2. The standard InChI is InChI=1S/C16H18N4O2/c1-20-14-5-3-2-4-13(14)19-15(20)11-17-12-6-7-16(18-10-12)22-9-8-21/h2-7,10,17,21H,8-9,11H2,1H3. The highest BCUT2D eigenvalue weighted by molar-refractivity contribution is 5.75. The maximum atomic E-state index is 8.70. The van der Waals surface area contributed by atoms with Gasteiger partial charge in [-0.3, -0.25) is 0 Å². The predicted molar refractivity (Wildman–Crippen MR) is 84.9 cm³/mol. The van der Waals surface area contributed by atoms with Crippen LogP contribution >= 0.6 is 0 Å². The average Bonchev–Trinajstić information content (AvgIpc) is 2.88. The summed E-state index contributed by atoms with van der Waals surface area (Å²) >= 11 is 0. The van der Waals surface area contributed by atoms with Gasteiger partial charge in [0.25, 0.3) is 0 Å². The fraction of sp³-hybridized carbons (Fsp3) is 0.250. The Morgan fingerprint density at radius 1 is 1.23 bits per heavy atom. The summed E-state index contributed by atoms with van der Waals surface area (Å²) in [5, 5.41) is 12.0. The number of aliphatic hydroxyl groups excluding tert-OH is 1. The molecule has 0 radical (unpaired) electrons. The number of pyridine rings is 1. The first-order valence-corrected chi connectivity index (χ1v) is 7.12. The minimum absolute atomic E-state index is 0.0194. The fourth-order valence-electron chi connectivity index (χ4n) is 2.26. The summed E-state index contributed by atoms with van der Waals surface area (Å²) in [6.45, 7) is 0.845. The summed E-state index contributed by atoms with van der Waals surface area (Å²) in [6.07, 6.45) is 1.70. The van der Waals surface area contributed by atoms with Gasteiger partial charge in [0.05, 0.1) is 36.1 Å². The van der Waals surface area contributed by atoms with Crippen molar-refractivity contribution in [3.63, 3.8) is 0 Å². The topological polar surface area (TPSA) is 72.2 Å². The number of imidazole rings is 1. The Morgan fingerprint density at radius 2 is 2.09 bits per heavy atom. The van der Waals surface area contributed by atoms with Crippen LogP contribution in [0, 0.1) is 0 Å². The van der Waals surface area contributed by atoms with Crippen molar-refractivity contribution in [2.45, 2.75) is 6.54 Å². The molecule has 6 nitrogen and oxygen atoms in total. The van der Waals surface area contributed by atoms with Crippen molar-refractivity contribution in [2.75, 3.05) is 18.5 Å². The summed E-state index contributed by atoms with van der Waals surface area (Å²) in [7, 11) is 2.01. The van der Waals surface area contributed by atoms with Crippen LogP contribution in [0.3, 0.4) is 0 Å². The van der Waals surface area contributed by atoms with Crippen molar-refractivity contribution < 1.29 is 9.84 Å². The average molecular weight is 298 g/mol. The predicted octanol–water partition coefficient (Wildman–Crippen LogP) is 1.95. The summed E-state index contributed by atoms with van der Waals surface area (Å²) in [6, 6.07) is 11.7. The Morgan fingerprint density at radius 3 is 2.82 bits per heavy atom. The second kappa shape index (κ2) is 6.44. The molecule has 2 N–H and O–H groups in total. The summed E-state index contributed by atoms with van der Waals surface area (Å²) < 4.78 is 7.30. The van der Waals surface area contributed by atoms with Crippen LogP contribution in [0.5, 0.6) is 5.88 Å². The number of ether oxygens (including phenoxy) is 1. The lowest BCUT2D eigenvalue weighted by atomic mass is 10.3. The van der Waals surface area contributed by atoms with Gasteiger partial charge in [-0.05, 0) is 18.2 Å². The Kier molecular flexibility index (Phi) is 4.20. The van der Waals surface area contributed by atoms with E-state index < -0.39 is 0 Å². The smallest absolute Gasteiger partial charge is 0.213 e. The van der Waals surface area contributed by atoms with Gasteiger partial charge in [-0.2, -0.15) is 0 Å². The number of aliphatic hydroxyl groups is 1. The molecule has 0 aliphatic rings. The van der Waals surface area contributed by atoms with Crippen molar-refractivity contribution >= 4 is 16.7 Å². The molecule has 0 atom stereocenters. The van der Waals surface area contributed by atoms with E-state index in [9.17, 15) is 0 Å². The van der Waals surface area contributed by atoms with Crippen LogP contribution < -0.4 is 10.1 Å². The SMILES string of the molecule is Cn1c(CNc2ccc(OCCO)nc2)nc2ccccc21. The maximum Gasteiger partial charge on any atom is 0.213 e. The zero-order chi connectivity index (χ0) is 15.4. The summed E-state index contributed by atoms with van der Waals surface area (Å²) in [5.74, 6) is 1.46. The Hall–Kier alpha value is -2.60. The molecule has 3 rings (SSSR count). The van der Waals surface area contributed by atoms with Crippen LogP contribution in [0.15, 0.2) is 42.6 Å². The van der Waals surface area contributed by atoms with Crippen LogP contribution in [0.25, 0.3) is 11.0 Å². The van der Waals surface area contributed by atoms with Gasteiger partial charge in [0.2, 0.25) is 5.88 Å². The molecule has 0 spiro atoms. The van der Waals surface area contributed by atoms with E-state index >= 15 is 0 Å². The normalized spacial score (nSPS) is 10.8. The number of aromatic nitrogens is 3. The molecule has 0 saturated carbocycles. The van der Waals surface area contributed by atoms with Gasteiger partial charge < -0.3 is 19.7 Å². The van der Waals surface area contributed by atoms with Crippen molar-refractivity contribution in [2.24, 2.45) is 7.05 Å². The van der Waals surface area contributed by atoms with Gasteiger partial charge in [-0.1, -0.05) is 12.1 Å². The third-order valence-electron chi connectivity index (χ3n) is 3.41. The molecule has 22 heavy (non-hydrogen) atoms. The molecule has 2 heterocycles. The van der Waals surface area contributed by atoms with E-state index in [2.05, 4.69) is 25.9 Å². The van der Waals surface area contributed by atoms with Crippen LogP contribution in [-0.4, -0.2) is 32.9 Å². The molecule has 6 heteroatoms. The number of anilines is 1. The maximum absolute atomic E-state index is 8.70. The van der Waals surface area contributed by atoms with Crippen molar-refractivity contribution in [1.82, 2.24) is 14.5 Å². The highest BCUT2D eigenvalue weighted by Crippen LogP contribution is 2.16. The van der Waals surface area contributed by atoms with Crippen LogP contribution in [0.1, 0.15) is 5.82 Å². The van der Waals surface area contributed by atoms with E-state index in [0.29, 0.717) is 12.4 Å². The number of nitrogens with one attached hydrogen (secondary N) is 1. The van der Waals surface area contributed by atoms with Crippen molar-refractivity contribution in [3.8, 4) is 5.88 Å². The van der Waals surface area contributed by atoms with E-state index in [4.69, 9.17) is 9.84 Å². The molecule has 0 unspecified atom stereocenters. The molecule has 0 aliphatic heterocycles. The molecule has 0 bridgehead atoms. The van der Waals surface area contributed by atoms with Crippen LogP contribution in [0.4, 0.5) is 5.69 Å². The first kappa shape index (κ1) is 14.3. The summed E-state index contributed by atoms with van der Waals surface area (Å²) in [4.78, 5) is 8.78. The lowest BCUT2D eigenvalue weighted by Gasteiger charge is -2.07. The molecule has 0 amide bonds. The number of hydrogen-bond acceptors (Lipinski definition) is 5. The van der Waals surface area contributed by atoms with E-state index in [1.807, 2.05) is 31.3 Å². The van der Waals surface area contributed by atoms with Crippen LogP contribution in [-0.2, 0) is 13.6 Å². The number of fused-ring (bicyclic) bond motifs is 1. The fourth-order valence-corrected chi connectivity index (χ4v) is 2.26. The molecule has 3 aromatic rings.